The lowest BCUT2D eigenvalue weighted by atomic mass is 9.92. The van der Waals surface area contributed by atoms with Crippen molar-refractivity contribution < 1.29 is 9.90 Å². The van der Waals surface area contributed by atoms with Crippen molar-refractivity contribution in [1.82, 2.24) is 0 Å². The van der Waals surface area contributed by atoms with Crippen molar-refractivity contribution in [2.45, 2.75) is 38.2 Å². The van der Waals surface area contributed by atoms with Crippen LogP contribution in [0.1, 0.15) is 31.7 Å². The molecule has 0 fully saturated rings. The van der Waals surface area contributed by atoms with E-state index in [1.54, 1.807) is 6.92 Å². The molecular formula is C13H19NO2. The Balaban J connectivity index is 2.38. The first-order chi connectivity index (χ1) is 7.49. The van der Waals surface area contributed by atoms with Crippen LogP contribution in [0, 0.1) is 0 Å². The van der Waals surface area contributed by atoms with Gasteiger partial charge in [-0.2, -0.15) is 0 Å². The number of hydrogen-bond acceptors (Lipinski definition) is 2. The van der Waals surface area contributed by atoms with Gasteiger partial charge in [-0.1, -0.05) is 30.3 Å². The lowest BCUT2D eigenvalue weighted by Gasteiger charge is -2.22. The average molecular weight is 221 g/mol. The SMILES string of the molecule is CC(O)(CCC(N)=O)CCc1ccccc1. The van der Waals surface area contributed by atoms with E-state index in [4.69, 9.17) is 5.73 Å². The molecule has 0 aliphatic carbocycles. The van der Waals surface area contributed by atoms with Crippen molar-refractivity contribution >= 4 is 5.91 Å². The standard InChI is InChI=1S/C13H19NO2/c1-13(16,10-8-12(14)15)9-7-11-5-3-2-4-6-11/h2-6,16H,7-10H2,1H3,(H2,14,15). The Morgan fingerprint density at radius 1 is 1.31 bits per heavy atom. The predicted octanol–water partition coefficient (Wildman–Crippen LogP) is 1.64. The maximum atomic E-state index is 10.6. The Morgan fingerprint density at radius 3 is 2.50 bits per heavy atom. The molecule has 0 aromatic heterocycles. The van der Waals surface area contributed by atoms with Gasteiger partial charge in [-0.3, -0.25) is 4.79 Å². The molecule has 3 N–H and O–H groups in total. The van der Waals surface area contributed by atoms with Crippen LogP contribution < -0.4 is 5.73 Å². The number of carbonyl (C=O) groups is 1. The number of amides is 1. The number of rotatable bonds is 6. The van der Waals surface area contributed by atoms with Crippen LogP contribution in [0.15, 0.2) is 30.3 Å². The summed E-state index contributed by atoms with van der Waals surface area (Å²) in [5, 5.41) is 10.0. The van der Waals surface area contributed by atoms with E-state index in [0.717, 1.165) is 6.42 Å². The smallest absolute Gasteiger partial charge is 0.217 e. The minimum atomic E-state index is -0.815. The molecular weight excluding hydrogens is 202 g/mol. The zero-order valence-electron chi connectivity index (χ0n) is 9.65. The first-order valence-electron chi connectivity index (χ1n) is 5.54. The van der Waals surface area contributed by atoms with Crippen LogP contribution in [0.5, 0.6) is 0 Å². The average Bonchev–Trinajstić information content (AvgIpc) is 2.26. The molecule has 3 nitrogen and oxygen atoms in total. The summed E-state index contributed by atoms with van der Waals surface area (Å²) in [5.74, 6) is -0.361. The molecule has 0 saturated carbocycles. The highest BCUT2D eigenvalue weighted by Gasteiger charge is 2.20. The summed E-state index contributed by atoms with van der Waals surface area (Å²) >= 11 is 0. The first-order valence-corrected chi connectivity index (χ1v) is 5.54. The molecule has 88 valence electrons. The fourth-order valence-electron chi connectivity index (χ4n) is 1.58. The van der Waals surface area contributed by atoms with Gasteiger partial charge in [-0.05, 0) is 31.7 Å². The summed E-state index contributed by atoms with van der Waals surface area (Å²) in [5.41, 5.74) is 5.44. The molecule has 1 rings (SSSR count). The zero-order chi connectivity index (χ0) is 12.0. The second-order valence-electron chi connectivity index (χ2n) is 4.45. The molecule has 1 aromatic rings. The van der Waals surface area contributed by atoms with E-state index in [1.165, 1.54) is 5.56 Å². The Labute approximate surface area is 96.3 Å². The Kier molecular flexibility index (Phi) is 4.50. The zero-order valence-corrected chi connectivity index (χ0v) is 9.65. The fraction of sp³-hybridized carbons (Fsp3) is 0.462. The first kappa shape index (κ1) is 12.7. The molecule has 0 saturated heterocycles. The van der Waals surface area contributed by atoms with E-state index in [9.17, 15) is 9.90 Å². The second kappa shape index (κ2) is 5.66. The van der Waals surface area contributed by atoms with Gasteiger partial charge in [0, 0.05) is 6.42 Å². The Morgan fingerprint density at radius 2 is 1.94 bits per heavy atom. The van der Waals surface area contributed by atoms with Gasteiger partial charge in [0.15, 0.2) is 0 Å². The molecule has 1 aromatic carbocycles. The maximum Gasteiger partial charge on any atom is 0.217 e. The van der Waals surface area contributed by atoms with Crippen molar-refractivity contribution in [1.29, 1.82) is 0 Å². The number of primary amides is 1. The molecule has 3 heteroatoms. The van der Waals surface area contributed by atoms with Crippen LogP contribution in [0.3, 0.4) is 0 Å². The lowest BCUT2D eigenvalue weighted by Crippen LogP contribution is -2.27. The van der Waals surface area contributed by atoms with Crippen molar-refractivity contribution in [2.24, 2.45) is 5.73 Å². The van der Waals surface area contributed by atoms with Gasteiger partial charge in [0.05, 0.1) is 5.60 Å². The quantitative estimate of drug-likeness (QED) is 0.767. The van der Waals surface area contributed by atoms with E-state index < -0.39 is 5.60 Å². The monoisotopic (exact) mass is 221 g/mol. The van der Waals surface area contributed by atoms with Gasteiger partial charge in [0.1, 0.15) is 0 Å². The van der Waals surface area contributed by atoms with Crippen molar-refractivity contribution in [2.75, 3.05) is 0 Å². The van der Waals surface area contributed by atoms with Crippen LogP contribution in [-0.4, -0.2) is 16.6 Å². The van der Waals surface area contributed by atoms with Gasteiger partial charge >= 0.3 is 0 Å². The second-order valence-corrected chi connectivity index (χ2v) is 4.45. The molecule has 0 spiro atoms. The van der Waals surface area contributed by atoms with E-state index in [1.807, 2.05) is 30.3 Å². The molecule has 1 amide bonds. The van der Waals surface area contributed by atoms with Gasteiger partial charge in [-0.25, -0.2) is 0 Å². The summed E-state index contributed by atoms with van der Waals surface area (Å²) in [6.45, 7) is 1.75. The van der Waals surface area contributed by atoms with E-state index in [0.29, 0.717) is 12.8 Å². The topological polar surface area (TPSA) is 63.3 Å². The Bertz CT molecular complexity index is 333. The minimum absolute atomic E-state index is 0.238. The van der Waals surface area contributed by atoms with Gasteiger partial charge in [-0.15, -0.1) is 0 Å². The van der Waals surface area contributed by atoms with Crippen LogP contribution in [-0.2, 0) is 11.2 Å². The van der Waals surface area contributed by atoms with Crippen molar-refractivity contribution in [3.63, 3.8) is 0 Å². The van der Waals surface area contributed by atoms with E-state index >= 15 is 0 Å². The van der Waals surface area contributed by atoms with Crippen LogP contribution in [0.25, 0.3) is 0 Å². The normalized spacial score (nSPS) is 14.4. The lowest BCUT2D eigenvalue weighted by molar-refractivity contribution is -0.119. The molecule has 1 atom stereocenters. The minimum Gasteiger partial charge on any atom is -0.390 e. The largest absolute Gasteiger partial charge is 0.390 e. The molecule has 16 heavy (non-hydrogen) atoms. The van der Waals surface area contributed by atoms with Gasteiger partial charge in [0.25, 0.3) is 0 Å². The highest BCUT2D eigenvalue weighted by atomic mass is 16.3. The van der Waals surface area contributed by atoms with Crippen LogP contribution >= 0.6 is 0 Å². The third kappa shape index (κ3) is 4.94. The summed E-state index contributed by atoms with van der Waals surface area (Å²) < 4.78 is 0. The summed E-state index contributed by atoms with van der Waals surface area (Å²) in [6.07, 6.45) is 2.12. The van der Waals surface area contributed by atoms with Gasteiger partial charge in [0.2, 0.25) is 5.91 Å². The van der Waals surface area contributed by atoms with Gasteiger partial charge < -0.3 is 10.8 Å². The molecule has 0 aliphatic heterocycles. The number of aryl methyl sites for hydroxylation is 1. The predicted molar refractivity (Wildman–Crippen MR) is 63.8 cm³/mol. The number of nitrogens with two attached hydrogens (primary N) is 1. The number of aliphatic hydroxyl groups is 1. The molecule has 0 bridgehead atoms. The number of benzene rings is 1. The fourth-order valence-corrected chi connectivity index (χ4v) is 1.58. The number of hydrogen-bond donors (Lipinski definition) is 2. The van der Waals surface area contributed by atoms with E-state index in [2.05, 4.69) is 0 Å². The highest BCUT2D eigenvalue weighted by molar-refractivity contribution is 5.73. The molecule has 1 unspecified atom stereocenters. The third-order valence-corrected chi connectivity index (χ3v) is 2.71. The Hall–Kier alpha value is -1.35. The number of carbonyl (C=O) groups excluding carboxylic acids is 1. The molecule has 0 radical (unpaired) electrons. The molecule has 0 aliphatic rings. The maximum absolute atomic E-state index is 10.6. The highest BCUT2D eigenvalue weighted by Crippen LogP contribution is 2.19. The van der Waals surface area contributed by atoms with Crippen LogP contribution in [0.4, 0.5) is 0 Å². The summed E-state index contributed by atoms with van der Waals surface area (Å²) in [6, 6.07) is 9.99. The van der Waals surface area contributed by atoms with Crippen molar-refractivity contribution in [3.8, 4) is 0 Å². The third-order valence-electron chi connectivity index (χ3n) is 2.71. The summed E-state index contributed by atoms with van der Waals surface area (Å²) in [7, 11) is 0. The summed E-state index contributed by atoms with van der Waals surface area (Å²) in [4.78, 5) is 10.6. The van der Waals surface area contributed by atoms with Crippen LogP contribution in [0.2, 0.25) is 0 Å². The van der Waals surface area contributed by atoms with Crippen molar-refractivity contribution in [3.05, 3.63) is 35.9 Å². The molecule has 0 heterocycles. The van der Waals surface area contributed by atoms with E-state index in [-0.39, 0.29) is 12.3 Å².